The Bertz CT molecular complexity index is 943. The summed E-state index contributed by atoms with van der Waals surface area (Å²) in [6.07, 6.45) is -0.512. The van der Waals surface area contributed by atoms with E-state index in [0.29, 0.717) is 5.69 Å². The maximum atomic E-state index is 12.4. The van der Waals surface area contributed by atoms with Crippen molar-refractivity contribution in [1.29, 1.82) is 0 Å². The number of hydrogen-bond acceptors (Lipinski definition) is 9. The van der Waals surface area contributed by atoms with Crippen LogP contribution in [0.15, 0.2) is 46.0 Å². The molecule has 11 nitrogen and oxygen atoms in total. The first-order valence-electron chi connectivity index (χ1n) is 9.87. The van der Waals surface area contributed by atoms with E-state index in [1.165, 1.54) is 10.9 Å². The Labute approximate surface area is 185 Å². The topological polar surface area (TPSA) is 139 Å². The van der Waals surface area contributed by atoms with Crippen molar-refractivity contribution < 1.29 is 38.1 Å². The van der Waals surface area contributed by atoms with Gasteiger partial charge in [0.15, 0.2) is 6.08 Å². The molecular formula is C21H28N4O7. The predicted octanol–water partition coefficient (Wildman–Crippen LogP) is 1.55. The van der Waals surface area contributed by atoms with Crippen LogP contribution in [0.3, 0.4) is 0 Å². The molecule has 0 radical (unpaired) electrons. The zero-order valence-corrected chi connectivity index (χ0v) is 18.9. The molecular weight excluding hydrogens is 420 g/mol. The van der Waals surface area contributed by atoms with Crippen LogP contribution >= 0.6 is 0 Å². The number of alkyl carbamates (subject to hydrolysis) is 1. The zero-order valence-electron chi connectivity index (χ0n) is 18.9. The van der Waals surface area contributed by atoms with Gasteiger partial charge in [-0.2, -0.15) is 4.99 Å². The molecule has 0 aliphatic rings. The molecule has 2 rings (SSSR count). The van der Waals surface area contributed by atoms with Gasteiger partial charge in [-0.3, -0.25) is 4.52 Å². The third-order valence-corrected chi connectivity index (χ3v) is 3.43. The lowest BCUT2D eigenvalue weighted by atomic mass is 10.2. The minimum atomic E-state index is -1.30. The predicted molar refractivity (Wildman–Crippen MR) is 110 cm³/mol. The Kier molecular flexibility index (Phi) is 7.79. The highest BCUT2D eigenvalue weighted by Crippen LogP contribution is 2.12. The van der Waals surface area contributed by atoms with Gasteiger partial charge < -0.3 is 24.6 Å². The summed E-state index contributed by atoms with van der Waals surface area (Å²) >= 11 is 0. The highest BCUT2D eigenvalue weighted by molar-refractivity contribution is 5.82. The van der Waals surface area contributed by atoms with Crippen molar-refractivity contribution >= 4 is 24.0 Å². The van der Waals surface area contributed by atoms with Gasteiger partial charge in [0.1, 0.15) is 17.2 Å². The lowest BCUT2D eigenvalue weighted by molar-refractivity contribution is -0.670. The molecule has 1 atom stereocenters. The maximum Gasteiger partial charge on any atom is 0.408 e. The van der Waals surface area contributed by atoms with E-state index in [1.807, 2.05) is 18.2 Å². The number of benzene rings is 1. The Hall–Kier alpha value is -3.63. The second-order valence-electron chi connectivity index (χ2n) is 8.74. The number of hydrogen-bond donors (Lipinski definition) is 1. The molecule has 0 aliphatic carbocycles. The van der Waals surface area contributed by atoms with E-state index in [-0.39, 0.29) is 5.88 Å². The molecule has 1 amide bonds. The quantitative estimate of drug-likeness (QED) is 0.304. The van der Waals surface area contributed by atoms with Gasteiger partial charge in [-0.25, -0.2) is 9.59 Å². The fourth-order valence-corrected chi connectivity index (χ4v) is 2.26. The fourth-order valence-electron chi connectivity index (χ4n) is 2.26. The van der Waals surface area contributed by atoms with Crippen LogP contribution in [0.5, 0.6) is 0 Å². The van der Waals surface area contributed by atoms with Crippen LogP contribution in [0.4, 0.5) is 10.7 Å². The molecule has 0 saturated carbocycles. The Morgan fingerprint density at radius 3 is 2.34 bits per heavy atom. The minimum Gasteiger partial charge on any atom is -0.597 e. The lowest BCUT2D eigenvalue weighted by Gasteiger charge is -2.28. The highest BCUT2D eigenvalue weighted by Gasteiger charge is 2.28. The Balaban J connectivity index is 2.05. The summed E-state index contributed by atoms with van der Waals surface area (Å²) in [5.74, 6) is -0.898. The molecule has 1 heterocycles. The summed E-state index contributed by atoms with van der Waals surface area (Å²) < 4.78 is 21.8. The van der Waals surface area contributed by atoms with Crippen molar-refractivity contribution in [3.05, 3.63) is 36.5 Å². The molecule has 0 aliphatic heterocycles. The van der Waals surface area contributed by atoms with Crippen molar-refractivity contribution in [2.75, 3.05) is 6.61 Å². The van der Waals surface area contributed by atoms with Crippen LogP contribution in [-0.2, 0) is 19.0 Å². The van der Waals surface area contributed by atoms with Crippen molar-refractivity contribution in [1.82, 2.24) is 10.6 Å². The smallest absolute Gasteiger partial charge is 0.408 e. The average molecular weight is 448 g/mol. The number of aromatic nitrogens is 2. The standard InChI is InChI=1S/C21H28N4O7/c1-20(2,3)30-17(26)15(22-19(28)31-21(4,5)6)13-29-18(27)23-16-12-25(24-32-16)14-10-8-7-9-11-14/h7-12,15H,13H2,1-6H3,(H-,22,23,24,27,28)/t15-/m0/s1. The zero-order chi connectivity index (χ0) is 23.9. The number of carbonyl (C=O) groups excluding carboxylic acids is 2. The molecule has 11 heteroatoms. The summed E-state index contributed by atoms with van der Waals surface area (Å²) in [6.45, 7) is 9.50. The first-order valence-corrected chi connectivity index (χ1v) is 9.87. The van der Waals surface area contributed by atoms with Crippen molar-refractivity contribution in [2.24, 2.45) is 4.99 Å². The molecule has 0 spiro atoms. The van der Waals surface area contributed by atoms with E-state index in [2.05, 4.69) is 15.6 Å². The first kappa shape index (κ1) is 24.6. The summed E-state index contributed by atoms with van der Waals surface area (Å²) in [5.41, 5.74) is -0.892. The maximum absolute atomic E-state index is 12.4. The van der Waals surface area contributed by atoms with Gasteiger partial charge in [0.25, 0.3) is 6.20 Å². The van der Waals surface area contributed by atoms with Gasteiger partial charge in [0.2, 0.25) is 11.0 Å². The molecule has 32 heavy (non-hydrogen) atoms. The van der Waals surface area contributed by atoms with Crippen LogP contribution in [-0.4, -0.2) is 47.3 Å². The molecule has 2 aromatic rings. The number of nitrogens with zero attached hydrogens (tertiary/aromatic N) is 3. The molecule has 0 unspecified atom stereocenters. The fraction of sp³-hybridized carbons (Fsp3) is 0.476. The highest BCUT2D eigenvalue weighted by atomic mass is 16.6. The third kappa shape index (κ3) is 8.62. The van der Waals surface area contributed by atoms with Crippen molar-refractivity contribution in [3.63, 3.8) is 0 Å². The summed E-state index contributed by atoms with van der Waals surface area (Å²) in [7, 11) is 0. The van der Waals surface area contributed by atoms with Crippen molar-refractivity contribution in [3.8, 4) is 5.69 Å². The number of carbonyl (C=O) groups is 2. The number of para-hydroxylation sites is 1. The van der Waals surface area contributed by atoms with Crippen LogP contribution < -0.4 is 15.1 Å². The van der Waals surface area contributed by atoms with Gasteiger partial charge in [0, 0.05) is 18.7 Å². The lowest BCUT2D eigenvalue weighted by Crippen LogP contribution is -2.49. The Morgan fingerprint density at radius 2 is 1.75 bits per heavy atom. The summed E-state index contributed by atoms with van der Waals surface area (Å²) in [6, 6.07) is 7.76. The second kappa shape index (κ2) is 10.1. The number of amides is 1. The first-order chi connectivity index (χ1) is 14.8. The number of rotatable bonds is 6. The molecule has 1 N–H and O–H groups in total. The number of nitrogens with one attached hydrogen (secondary N) is 1. The normalized spacial score (nSPS) is 13.2. The van der Waals surface area contributed by atoms with E-state index < -0.39 is 42.0 Å². The van der Waals surface area contributed by atoms with E-state index in [1.54, 1.807) is 53.7 Å². The van der Waals surface area contributed by atoms with E-state index >= 15 is 0 Å². The number of aliphatic imine (C=N–C) groups is 1. The largest absolute Gasteiger partial charge is 0.597 e. The van der Waals surface area contributed by atoms with Gasteiger partial charge in [-0.1, -0.05) is 18.2 Å². The van der Waals surface area contributed by atoms with Crippen LogP contribution in [0.2, 0.25) is 0 Å². The Morgan fingerprint density at radius 1 is 1.12 bits per heavy atom. The molecule has 1 aromatic carbocycles. The van der Waals surface area contributed by atoms with Gasteiger partial charge in [-0.15, -0.1) is 0 Å². The molecule has 1 aromatic heterocycles. The molecule has 0 bridgehead atoms. The SMILES string of the molecule is CC(C)(C)OC(=O)N[C@@H](CO/C([O-])=N/c1c[n+](-c2ccccc2)no1)C(=O)OC(C)(C)C. The third-order valence-electron chi connectivity index (χ3n) is 3.43. The van der Waals surface area contributed by atoms with Gasteiger partial charge >= 0.3 is 17.9 Å². The molecule has 174 valence electrons. The molecule has 0 fully saturated rings. The van der Waals surface area contributed by atoms with Crippen LogP contribution in [0, 0.1) is 0 Å². The minimum absolute atomic E-state index is 0.104. The molecule has 0 saturated heterocycles. The van der Waals surface area contributed by atoms with Crippen LogP contribution in [0.1, 0.15) is 41.5 Å². The van der Waals surface area contributed by atoms with Crippen molar-refractivity contribution in [2.45, 2.75) is 58.8 Å². The summed E-state index contributed by atoms with van der Waals surface area (Å²) in [5, 5.41) is 18.2. The number of esters is 1. The second-order valence-corrected chi connectivity index (χ2v) is 8.74. The monoisotopic (exact) mass is 448 g/mol. The summed E-state index contributed by atoms with van der Waals surface area (Å²) in [4.78, 5) is 28.2. The van der Waals surface area contributed by atoms with E-state index in [4.69, 9.17) is 18.7 Å². The van der Waals surface area contributed by atoms with Gasteiger partial charge in [-0.05, 0) is 46.2 Å². The van der Waals surface area contributed by atoms with Gasteiger partial charge in [0.05, 0.1) is 0 Å². The average Bonchev–Trinajstić information content (AvgIpc) is 3.11. The number of ether oxygens (including phenoxy) is 3. The van der Waals surface area contributed by atoms with E-state index in [9.17, 15) is 14.7 Å². The van der Waals surface area contributed by atoms with E-state index in [0.717, 1.165) is 0 Å². The van der Waals surface area contributed by atoms with Crippen LogP contribution in [0.25, 0.3) is 5.69 Å².